The van der Waals surface area contributed by atoms with Crippen LogP contribution in [0.15, 0.2) is 29.2 Å². The fourth-order valence-electron chi connectivity index (χ4n) is 2.30. The van der Waals surface area contributed by atoms with Gasteiger partial charge < -0.3 is 0 Å². The zero-order valence-electron chi connectivity index (χ0n) is 13.9. The summed E-state index contributed by atoms with van der Waals surface area (Å²) in [6, 6.07) is 4.79. The second kappa shape index (κ2) is 7.01. The number of aromatic amines is 1. The zero-order valence-corrected chi connectivity index (χ0v) is 14.8. The van der Waals surface area contributed by atoms with Gasteiger partial charge in [0.2, 0.25) is 0 Å². The number of nitro groups is 1. The van der Waals surface area contributed by atoms with E-state index in [0.717, 1.165) is 23.9 Å². The van der Waals surface area contributed by atoms with Crippen LogP contribution in [-0.2, 0) is 16.4 Å². The van der Waals surface area contributed by atoms with Gasteiger partial charge in [-0.1, -0.05) is 13.8 Å². The Balaban J connectivity index is 2.22. The molecule has 0 radical (unpaired) electrons. The number of hydrogen-bond acceptors (Lipinski definition) is 6. The highest BCUT2D eigenvalue weighted by Crippen LogP contribution is 2.21. The number of nitro benzene ring substituents is 1. The van der Waals surface area contributed by atoms with Crippen molar-refractivity contribution in [1.82, 2.24) is 14.9 Å². The van der Waals surface area contributed by atoms with Gasteiger partial charge in [0.05, 0.1) is 9.82 Å². The Morgan fingerprint density at radius 2 is 2.04 bits per heavy atom. The summed E-state index contributed by atoms with van der Waals surface area (Å²) in [4.78, 5) is 22.0. The molecule has 2 rings (SSSR count). The number of sulfonamides is 1. The summed E-state index contributed by atoms with van der Waals surface area (Å²) in [5.74, 6) is -0.521. The molecule has 0 saturated heterocycles. The van der Waals surface area contributed by atoms with Crippen LogP contribution in [0.2, 0.25) is 0 Å². The Labute approximate surface area is 144 Å². The van der Waals surface area contributed by atoms with E-state index in [1.165, 1.54) is 13.0 Å². The lowest BCUT2D eigenvalue weighted by Gasteiger charge is -2.08. The molecule has 0 unspecified atom stereocenters. The minimum atomic E-state index is -4.17. The molecule has 0 fully saturated rings. The summed E-state index contributed by atoms with van der Waals surface area (Å²) in [5, 5.41) is 17.2. The lowest BCUT2D eigenvalue weighted by Crippen LogP contribution is -2.31. The fourth-order valence-corrected chi connectivity index (χ4v) is 3.49. The predicted octanol–water partition coefficient (Wildman–Crippen LogP) is 1.94. The highest BCUT2D eigenvalue weighted by atomic mass is 32.2. The summed E-state index contributed by atoms with van der Waals surface area (Å²) < 4.78 is 26.7. The van der Waals surface area contributed by atoms with Gasteiger partial charge in [0.25, 0.3) is 21.6 Å². The molecule has 0 bridgehead atoms. The van der Waals surface area contributed by atoms with Crippen LogP contribution in [0, 0.1) is 23.0 Å². The van der Waals surface area contributed by atoms with E-state index >= 15 is 0 Å². The number of aromatic nitrogens is 2. The molecule has 0 spiro atoms. The van der Waals surface area contributed by atoms with Crippen LogP contribution in [0.1, 0.15) is 35.6 Å². The number of aryl methyl sites for hydroxylation is 1. The monoisotopic (exact) mass is 366 g/mol. The number of H-pyrrole nitrogens is 1. The lowest BCUT2D eigenvalue weighted by atomic mass is 10.1. The fraction of sp³-hybridized carbons (Fsp3) is 0.333. The van der Waals surface area contributed by atoms with E-state index in [2.05, 4.69) is 10.2 Å². The molecule has 134 valence electrons. The number of non-ortho nitro benzene ring substituents is 1. The van der Waals surface area contributed by atoms with Gasteiger partial charge in [-0.2, -0.15) is 5.10 Å². The van der Waals surface area contributed by atoms with Gasteiger partial charge in [-0.15, -0.1) is 0 Å². The molecular formula is C15H18N4O5S. The maximum atomic E-state index is 12.4. The van der Waals surface area contributed by atoms with E-state index in [1.54, 1.807) is 0 Å². The molecule has 10 heteroatoms. The second-order valence-corrected chi connectivity index (χ2v) is 7.67. The van der Waals surface area contributed by atoms with Crippen LogP contribution in [0.5, 0.6) is 0 Å². The van der Waals surface area contributed by atoms with E-state index in [4.69, 9.17) is 0 Å². The highest BCUT2D eigenvalue weighted by molar-refractivity contribution is 7.90. The Hall–Kier alpha value is -2.75. The molecule has 9 nitrogen and oxygen atoms in total. The van der Waals surface area contributed by atoms with Crippen LogP contribution in [0.4, 0.5) is 5.69 Å². The first-order valence-corrected chi connectivity index (χ1v) is 8.95. The number of carbonyl (C=O) groups excluding carboxylic acids is 1. The number of rotatable bonds is 6. The van der Waals surface area contributed by atoms with Crippen molar-refractivity contribution in [1.29, 1.82) is 0 Å². The normalized spacial score (nSPS) is 11.5. The summed E-state index contributed by atoms with van der Waals surface area (Å²) in [7, 11) is -4.17. The Bertz CT molecular complexity index is 918. The first-order valence-electron chi connectivity index (χ1n) is 7.46. The average Bonchev–Trinajstić information content (AvgIpc) is 2.94. The smallest absolute Gasteiger partial charge is 0.282 e. The summed E-state index contributed by atoms with van der Waals surface area (Å²) in [6.45, 7) is 5.42. The highest BCUT2D eigenvalue weighted by Gasteiger charge is 2.23. The standard InChI is InChI=1S/C15H18N4O5S/c1-9(2)6-11-8-13(17-16-11)15(20)18-25(23,24)14-5-4-12(19(21)22)7-10(14)3/h4-5,7-9H,6H2,1-3H3,(H,16,17)(H,18,20). The summed E-state index contributed by atoms with van der Waals surface area (Å²) in [6.07, 6.45) is 0.675. The number of nitrogens with zero attached hydrogens (tertiary/aromatic N) is 2. The summed E-state index contributed by atoms with van der Waals surface area (Å²) >= 11 is 0. The van der Waals surface area contributed by atoms with E-state index in [-0.39, 0.29) is 21.8 Å². The third kappa shape index (κ3) is 4.41. The lowest BCUT2D eigenvalue weighted by molar-refractivity contribution is -0.385. The Kier molecular flexibility index (Phi) is 5.21. The number of nitrogens with one attached hydrogen (secondary N) is 2. The minimum absolute atomic E-state index is 0.0428. The molecule has 1 heterocycles. The van der Waals surface area contributed by atoms with Gasteiger partial charge in [0.1, 0.15) is 0 Å². The van der Waals surface area contributed by atoms with Crippen LogP contribution in [0.25, 0.3) is 0 Å². The SMILES string of the molecule is Cc1cc([N+](=O)[O-])ccc1S(=O)(=O)NC(=O)c1cc(CC(C)C)[nH]n1. The molecule has 2 N–H and O–H groups in total. The number of hydrogen-bond donors (Lipinski definition) is 2. The van der Waals surface area contributed by atoms with Crippen molar-refractivity contribution < 1.29 is 18.1 Å². The third-order valence-electron chi connectivity index (χ3n) is 3.38. The molecule has 0 atom stereocenters. The first kappa shape index (κ1) is 18.6. The third-order valence-corrected chi connectivity index (χ3v) is 4.87. The van der Waals surface area contributed by atoms with Crippen molar-refractivity contribution in [2.75, 3.05) is 0 Å². The molecule has 25 heavy (non-hydrogen) atoms. The van der Waals surface area contributed by atoms with Crippen LogP contribution in [0.3, 0.4) is 0 Å². The minimum Gasteiger partial charge on any atom is -0.282 e. The number of carbonyl (C=O) groups is 1. The van der Waals surface area contributed by atoms with Crippen molar-refractivity contribution in [2.24, 2.45) is 5.92 Å². The molecule has 1 aromatic carbocycles. The molecular weight excluding hydrogens is 348 g/mol. The van der Waals surface area contributed by atoms with Crippen molar-refractivity contribution >= 4 is 21.6 Å². The molecule has 2 aromatic rings. The molecule has 0 aliphatic carbocycles. The van der Waals surface area contributed by atoms with E-state index < -0.39 is 20.9 Å². The molecule has 0 aliphatic rings. The first-order chi connectivity index (χ1) is 11.6. The number of benzene rings is 1. The zero-order chi connectivity index (χ0) is 18.8. The summed E-state index contributed by atoms with van der Waals surface area (Å²) in [5.41, 5.74) is 0.619. The van der Waals surface area contributed by atoms with Crippen LogP contribution in [-0.4, -0.2) is 29.4 Å². The number of amides is 1. The van der Waals surface area contributed by atoms with Gasteiger partial charge in [-0.3, -0.25) is 20.0 Å². The maximum absolute atomic E-state index is 12.4. The van der Waals surface area contributed by atoms with Gasteiger partial charge in [-0.05, 0) is 37.0 Å². The second-order valence-electron chi connectivity index (χ2n) is 6.02. The van der Waals surface area contributed by atoms with Crippen molar-refractivity contribution in [3.05, 3.63) is 51.3 Å². The van der Waals surface area contributed by atoms with E-state index in [9.17, 15) is 23.3 Å². The molecule has 0 saturated carbocycles. The maximum Gasteiger partial charge on any atom is 0.285 e. The Morgan fingerprint density at radius 3 is 2.60 bits per heavy atom. The van der Waals surface area contributed by atoms with Gasteiger partial charge in [0.15, 0.2) is 5.69 Å². The van der Waals surface area contributed by atoms with Gasteiger partial charge in [-0.25, -0.2) is 13.1 Å². The van der Waals surface area contributed by atoms with Crippen molar-refractivity contribution in [3.8, 4) is 0 Å². The predicted molar refractivity (Wildman–Crippen MR) is 89.6 cm³/mol. The van der Waals surface area contributed by atoms with Gasteiger partial charge in [0, 0.05) is 17.8 Å². The largest absolute Gasteiger partial charge is 0.285 e. The topological polar surface area (TPSA) is 135 Å². The van der Waals surface area contributed by atoms with Crippen molar-refractivity contribution in [2.45, 2.75) is 32.1 Å². The molecule has 1 aromatic heterocycles. The van der Waals surface area contributed by atoms with E-state index in [0.29, 0.717) is 12.3 Å². The van der Waals surface area contributed by atoms with Crippen LogP contribution >= 0.6 is 0 Å². The van der Waals surface area contributed by atoms with Crippen molar-refractivity contribution in [3.63, 3.8) is 0 Å². The molecule has 0 aliphatic heterocycles. The van der Waals surface area contributed by atoms with E-state index in [1.807, 2.05) is 18.6 Å². The van der Waals surface area contributed by atoms with Gasteiger partial charge >= 0.3 is 0 Å². The average molecular weight is 366 g/mol. The Morgan fingerprint density at radius 1 is 1.36 bits per heavy atom. The van der Waals surface area contributed by atoms with Crippen LogP contribution < -0.4 is 4.72 Å². The quantitative estimate of drug-likeness (QED) is 0.592. The molecule has 1 amide bonds.